The zero-order chi connectivity index (χ0) is 14.8. The highest BCUT2D eigenvalue weighted by molar-refractivity contribution is 5.97. The largest absolute Gasteiger partial charge is 0.496 e. The highest BCUT2D eigenvalue weighted by Gasteiger charge is 2.40. The summed E-state index contributed by atoms with van der Waals surface area (Å²) in [6.07, 6.45) is 5.70. The molecule has 0 spiro atoms. The highest BCUT2D eigenvalue weighted by Crippen LogP contribution is 2.39. The van der Waals surface area contributed by atoms with Crippen molar-refractivity contribution >= 4 is 5.91 Å². The molecule has 2 aliphatic rings. The van der Waals surface area contributed by atoms with Gasteiger partial charge in [0, 0.05) is 12.1 Å². The van der Waals surface area contributed by atoms with Gasteiger partial charge < -0.3 is 15.8 Å². The molecule has 1 amide bonds. The van der Waals surface area contributed by atoms with E-state index in [1.54, 1.807) is 7.11 Å². The monoisotopic (exact) mass is 288 g/mol. The minimum atomic E-state index is -0.0233. The van der Waals surface area contributed by atoms with E-state index in [-0.39, 0.29) is 11.9 Å². The number of hydrogen-bond acceptors (Lipinski definition) is 3. The van der Waals surface area contributed by atoms with Gasteiger partial charge in [-0.15, -0.1) is 0 Å². The molecule has 3 rings (SSSR count). The van der Waals surface area contributed by atoms with Gasteiger partial charge in [-0.3, -0.25) is 4.79 Å². The van der Waals surface area contributed by atoms with Crippen LogP contribution in [-0.2, 0) is 0 Å². The summed E-state index contributed by atoms with van der Waals surface area (Å²) in [7, 11) is 1.60. The van der Waals surface area contributed by atoms with Crippen LogP contribution in [0.25, 0.3) is 0 Å². The molecule has 0 radical (unpaired) electrons. The molecule has 2 fully saturated rings. The van der Waals surface area contributed by atoms with Crippen LogP contribution in [0.2, 0.25) is 0 Å². The van der Waals surface area contributed by atoms with E-state index in [2.05, 4.69) is 5.32 Å². The Morgan fingerprint density at radius 1 is 1.24 bits per heavy atom. The van der Waals surface area contributed by atoms with Crippen LogP contribution in [0.3, 0.4) is 0 Å². The topological polar surface area (TPSA) is 64.3 Å². The average molecular weight is 288 g/mol. The van der Waals surface area contributed by atoms with Crippen molar-refractivity contribution in [1.29, 1.82) is 0 Å². The maximum Gasteiger partial charge on any atom is 0.255 e. The van der Waals surface area contributed by atoms with Gasteiger partial charge in [-0.2, -0.15) is 0 Å². The molecule has 4 heteroatoms. The molecule has 2 bridgehead atoms. The molecular weight excluding hydrogens is 264 g/mol. The first-order valence-electron chi connectivity index (χ1n) is 7.88. The van der Waals surface area contributed by atoms with E-state index in [1.807, 2.05) is 24.3 Å². The highest BCUT2D eigenvalue weighted by atomic mass is 16.5. The summed E-state index contributed by atoms with van der Waals surface area (Å²) in [5, 5.41) is 3.26. The third kappa shape index (κ3) is 2.91. The number of nitrogens with two attached hydrogens (primary N) is 1. The maximum atomic E-state index is 12.6. The average Bonchev–Trinajstić information content (AvgIpc) is 2.48. The molecule has 2 saturated carbocycles. The first-order chi connectivity index (χ1) is 10.2. The van der Waals surface area contributed by atoms with Crippen molar-refractivity contribution in [3.63, 3.8) is 0 Å². The fourth-order valence-corrected chi connectivity index (χ4v) is 4.09. The zero-order valence-electron chi connectivity index (χ0n) is 12.5. The lowest BCUT2D eigenvalue weighted by Gasteiger charge is -2.45. The van der Waals surface area contributed by atoms with E-state index in [0.29, 0.717) is 29.2 Å². The van der Waals surface area contributed by atoms with E-state index in [4.69, 9.17) is 10.5 Å². The first-order valence-corrected chi connectivity index (χ1v) is 7.88. The van der Waals surface area contributed by atoms with Crippen molar-refractivity contribution < 1.29 is 9.53 Å². The van der Waals surface area contributed by atoms with Gasteiger partial charge in [0.2, 0.25) is 0 Å². The van der Waals surface area contributed by atoms with Crippen LogP contribution in [0.5, 0.6) is 5.75 Å². The molecule has 1 aromatic rings. The molecule has 2 aliphatic carbocycles. The number of carbonyl (C=O) groups excluding carboxylic acids is 1. The minimum Gasteiger partial charge on any atom is -0.496 e. The van der Waals surface area contributed by atoms with Gasteiger partial charge in [0.05, 0.1) is 12.7 Å². The summed E-state index contributed by atoms with van der Waals surface area (Å²) in [6.45, 7) is 0. The molecule has 0 aliphatic heterocycles. The van der Waals surface area contributed by atoms with Gasteiger partial charge in [0.1, 0.15) is 5.75 Å². The van der Waals surface area contributed by atoms with Gasteiger partial charge in [-0.1, -0.05) is 18.6 Å². The number of rotatable bonds is 3. The lowest BCUT2D eigenvalue weighted by molar-refractivity contribution is 0.0753. The van der Waals surface area contributed by atoms with Crippen LogP contribution >= 0.6 is 0 Å². The Morgan fingerprint density at radius 3 is 2.57 bits per heavy atom. The smallest absolute Gasteiger partial charge is 0.255 e. The van der Waals surface area contributed by atoms with Crippen molar-refractivity contribution in [1.82, 2.24) is 5.32 Å². The summed E-state index contributed by atoms with van der Waals surface area (Å²) in [5.41, 5.74) is 6.76. The Hall–Kier alpha value is -1.55. The van der Waals surface area contributed by atoms with Crippen molar-refractivity contribution in [2.45, 2.75) is 44.2 Å². The lowest BCUT2D eigenvalue weighted by atomic mass is 9.67. The summed E-state index contributed by atoms with van der Waals surface area (Å²) in [4.78, 5) is 12.6. The molecule has 3 N–H and O–H groups in total. The van der Waals surface area contributed by atoms with Gasteiger partial charge in [-0.05, 0) is 49.7 Å². The number of ether oxygens (including phenoxy) is 1. The molecule has 2 atom stereocenters. The predicted octanol–water partition coefficient (Wildman–Crippen LogP) is 2.33. The second kappa shape index (κ2) is 6.06. The van der Waals surface area contributed by atoms with Crippen molar-refractivity contribution in [3.8, 4) is 5.75 Å². The third-order valence-electron chi connectivity index (χ3n) is 5.03. The maximum absolute atomic E-state index is 12.6. The zero-order valence-corrected chi connectivity index (χ0v) is 12.5. The van der Waals surface area contributed by atoms with Gasteiger partial charge >= 0.3 is 0 Å². The fourth-order valence-electron chi connectivity index (χ4n) is 4.09. The molecule has 0 aromatic heterocycles. The van der Waals surface area contributed by atoms with E-state index >= 15 is 0 Å². The third-order valence-corrected chi connectivity index (χ3v) is 5.03. The summed E-state index contributed by atoms with van der Waals surface area (Å²) < 4.78 is 5.29. The van der Waals surface area contributed by atoms with Crippen LogP contribution in [0.15, 0.2) is 24.3 Å². The van der Waals surface area contributed by atoms with Crippen LogP contribution in [-0.4, -0.2) is 25.1 Å². The number of nitrogens with one attached hydrogen (secondary N) is 1. The predicted molar refractivity (Wildman–Crippen MR) is 82.3 cm³/mol. The molecule has 0 saturated heterocycles. The second-order valence-corrected chi connectivity index (χ2v) is 6.38. The summed E-state index contributed by atoms with van der Waals surface area (Å²) >= 11 is 0. The molecule has 4 nitrogen and oxygen atoms in total. The number of carbonyl (C=O) groups is 1. The fraction of sp³-hybridized carbons (Fsp3) is 0.588. The number of hydrogen-bond donors (Lipinski definition) is 2. The molecular formula is C17H24N2O2. The Morgan fingerprint density at radius 2 is 1.90 bits per heavy atom. The van der Waals surface area contributed by atoms with E-state index in [9.17, 15) is 4.79 Å². The number of para-hydroxylation sites is 1. The van der Waals surface area contributed by atoms with Crippen LogP contribution in [0, 0.1) is 11.8 Å². The molecule has 0 heterocycles. The molecule has 1 aromatic carbocycles. The molecule has 21 heavy (non-hydrogen) atoms. The lowest BCUT2D eigenvalue weighted by Crippen LogP contribution is -2.53. The summed E-state index contributed by atoms with van der Waals surface area (Å²) in [6, 6.07) is 7.97. The Balaban J connectivity index is 1.75. The van der Waals surface area contributed by atoms with Crippen molar-refractivity contribution in [3.05, 3.63) is 29.8 Å². The molecule has 2 unspecified atom stereocenters. The summed E-state index contributed by atoms with van der Waals surface area (Å²) in [5.74, 6) is 1.68. The number of amides is 1. The SMILES string of the molecule is COc1ccccc1C(=O)NC1C2CCCC1CC(N)C2. The van der Waals surface area contributed by atoms with Gasteiger partial charge in [0.25, 0.3) is 5.91 Å². The van der Waals surface area contributed by atoms with Gasteiger partial charge in [-0.25, -0.2) is 0 Å². The second-order valence-electron chi connectivity index (χ2n) is 6.38. The Bertz CT molecular complexity index is 503. The van der Waals surface area contributed by atoms with Gasteiger partial charge in [0.15, 0.2) is 0 Å². The van der Waals surface area contributed by atoms with E-state index in [1.165, 1.54) is 19.3 Å². The van der Waals surface area contributed by atoms with E-state index < -0.39 is 0 Å². The molecule has 114 valence electrons. The quantitative estimate of drug-likeness (QED) is 0.897. The standard InChI is InChI=1S/C17H24N2O2/c1-21-15-8-3-2-7-14(15)17(20)19-16-11-5-4-6-12(16)10-13(18)9-11/h2-3,7-8,11-13,16H,4-6,9-10,18H2,1H3,(H,19,20). The Labute approximate surface area is 126 Å². The number of benzene rings is 1. The first kappa shape index (κ1) is 14.4. The number of fused-ring (bicyclic) bond motifs is 2. The van der Waals surface area contributed by atoms with Crippen molar-refractivity contribution in [2.24, 2.45) is 17.6 Å². The van der Waals surface area contributed by atoms with Crippen LogP contribution < -0.4 is 15.8 Å². The van der Waals surface area contributed by atoms with Crippen LogP contribution in [0.1, 0.15) is 42.5 Å². The van der Waals surface area contributed by atoms with Crippen LogP contribution in [0.4, 0.5) is 0 Å². The number of methoxy groups -OCH3 is 1. The van der Waals surface area contributed by atoms with E-state index in [0.717, 1.165) is 12.8 Å². The Kier molecular flexibility index (Phi) is 4.15. The normalized spacial score (nSPS) is 31.5. The van der Waals surface area contributed by atoms with Crippen molar-refractivity contribution in [2.75, 3.05) is 7.11 Å². The minimum absolute atomic E-state index is 0.0233.